The number of halogens is 2. The molecule has 0 atom stereocenters. The quantitative estimate of drug-likeness (QED) is 0.439. The van der Waals surface area contributed by atoms with Crippen molar-refractivity contribution in [2.75, 3.05) is 13.7 Å². The minimum Gasteiger partial charge on any atom is -0.493 e. The van der Waals surface area contributed by atoms with Crippen molar-refractivity contribution in [3.63, 3.8) is 0 Å². The monoisotopic (exact) mass is 320 g/mol. The van der Waals surface area contributed by atoms with Crippen molar-refractivity contribution in [1.29, 1.82) is 0 Å². The largest absolute Gasteiger partial charge is 0.493 e. The van der Waals surface area contributed by atoms with E-state index in [0.717, 1.165) is 0 Å². The Balaban J connectivity index is 2.38. The lowest BCUT2D eigenvalue weighted by molar-refractivity contribution is -0.146. The molecule has 110 valence electrons. The van der Waals surface area contributed by atoms with Gasteiger partial charge in [-0.1, -0.05) is 12.1 Å². The van der Waals surface area contributed by atoms with Crippen LogP contribution in [0.1, 0.15) is 12.8 Å². The molecule has 0 saturated heterocycles. The third-order valence-electron chi connectivity index (χ3n) is 2.20. The molecule has 1 rings (SSSR count). The maximum atomic E-state index is 11.6. The summed E-state index contributed by atoms with van der Waals surface area (Å²) in [7, 11) is 1.47. The van der Waals surface area contributed by atoms with Crippen LogP contribution in [0.3, 0.4) is 0 Å². The third-order valence-corrected chi connectivity index (χ3v) is 2.45. The number of benzene rings is 1. The fraction of sp³-hybridized carbons (Fsp3) is 0.385. The standard InChI is InChI=1S/C13H14Cl2O5/c1-18-9-4-2-3-5-10(9)20-13(17)7-6-12(16)19-8-11(14)15/h2-5,11H,6-8H2,1H3. The first kappa shape index (κ1) is 16.6. The van der Waals surface area contributed by atoms with E-state index < -0.39 is 16.8 Å². The molecule has 0 fully saturated rings. The summed E-state index contributed by atoms with van der Waals surface area (Å²) in [6, 6.07) is 6.72. The summed E-state index contributed by atoms with van der Waals surface area (Å²) in [4.78, 5) is 22.1. The second-order valence-corrected chi connectivity index (χ2v) is 4.98. The molecule has 20 heavy (non-hydrogen) atoms. The molecule has 0 saturated carbocycles. The molecule has 0 aliphatic rings. The number of rotatable bonds is 7. The smallest absolute Gasteiger partial charge is 0.311 e. The highest BCUT2D eigenvalue weighted by Crippen LogP contribution is 2.26. The highest BCUT2D eigenvalue weighted by molar-refractivity contribution is 6.44. The highest BCUT2D eigenvalue weighted by Gasteiger charge is 2.13. The van der Waals surface area contributed by atoms with Crippen LogP contribution in [0.25, 0.3) is 0 Å². The Morgan fingerprint density at radius 3 is 2.30 bits per heavy atom. The Kier molecular flexibility index (Phi) is 7.18. The van der Waals surface area contributed by atoms with E-state index in [2.05, 4.69) is 0 Å². The molecule has 0 spiro atoms. The summed E-state index contributed by atoms with van der Waals surface area (Å²) in [6.45, 7) is -0.108. The van der Waals surface area contributed by atoms with Gasteiger partial charge in [0.05, 0.1) is 20.0 Å². The average molecular weight is 321 g/mol. The SMILES string of the molecule is COc1ccccc1OC(=O)CCC(=O)OCC(Cl)Cl. The fourth-order valence-corrected chi connectivity index (χ4v) is 1.44. The topological polar surface area (TPSA) is 61.8 Å². The van der Waals surface area contributed by atoms with Crippen LogP contribution >= 0.6 is 23.2 Å². The average Bonchev–Trinajstić information content (AvgIpc) is 2.43. The first-order valence-corrected chi connectivity index (χ1v) is 6.67. The van der Waals surface area contributed by atoms with E-state index in [0.29, 0.717) is 11.5 Å². The number of carbonyl (C=O) groups excluding carboxylic acids is 2. The maximum absolute atomic E-state index is 11.6. The Morgan fingerprint density at radius 1 is 1.10 bits per heavy atom. The molecule has 0 aromatic heterocycles. The van der Waals surface area contributed by atoms with Crippen LogP contribution < -0.4 is 9.47 Å². The fourth-order valence-electron chi connectivity index (χ4n) is 1.31. The van der Waals surface area contributed by atoms with E-state index in [-0.39, 0.29) is 19.4 Å². The van der Waals surface area contributed by atoms with Crippen molar-refractivity contribution in [1.82, 2.24) is 0 Å². The van der Waals surface area contributed by atoms with E-state index in [1.54, 1.807) is 24.3 Å². The number of para-hydroxylation sites is 2. The zero-order chi connectivity index (χ0) is 15.0. The van der Waals surface area contributed by atoms with Gasteiger partial charge in [0.25, 0.3) is 0 Å². The van der Waals surface area contributed by atoms with E-state index in [1.807, 2.05) is 0 Å². The second-order valence-electron chi connectivity index (χ2n) is 3.70. The van der Waals surface area contributed by atoms with Crippen LogP contribution in [0.4, 0.5) is 0 Å². The number of alkyl halides is 2. The van der Waals surface area contributed by atoms with E-state index >= 15 is 0 Å². The number of ether oxygens (including phenoxy) is 3. The number of hydrogen-bond donors (Lipinski definition) is 0. The summed E-state index contributed by atoms with van der Waals surface area (Å²) in [5.41, 5.74) is 0. The normalized spacial score (nSPS) is 10.2. The lowest BCUT2D eigenvalue weighted by Gasteiger charge is -2.08. The molecular weight excluding hydrogens is 307 g/mol. The number of methoxy groups -OCH3 is 1. The Hall–Kier alpha value is -1.46. The third kappa shape index (κ3) is 6.12. The molecule has 0 N–H and O–H groups in total. The molecule has 1 aromatic rings. The van der Waals surface area contributed by atoms with Crippen molar-refractivity contribution in [2.24, 2.45) is 0 Å². The van der Waals surface area contributed by atoms with Crippen LogP contribution in [0.5, 0.6) is 11.5 Å². The van der Waals surface area contributed by atoms with Crippen molar-refractivity contribution >= 4 is 35.1 Å². The van der Waals surface area contributed by atoms with Gasteiger partial charge in [-0.3, -0.25) is 9.59 Å². The van der Waals surface area contributed by atoms with E-state index in [9.17, 15) is 9.59 Å². The first-order valence-electron chi connectivity index (χ1n) is 5.80. The molecule has 0 bridgehead atoms. The molecular formula is C13H14Cl2O5. The first-order chi connectivity index (χ1) is 9.52. The van der Waals surface area contributed by atoms with Gasteiger partial charge in [0.1, 0.15) is 11.4 Å². The summed E-state index contributed by atoms with van der Waals surface area (Å²) in [5, 5.41) is 0. The number of hydrogen-bond acceptors (Lipinski definition) is 5. The maximum Gasteiger partial charge on any atom is 0.311 e. The molecule has 0 unspecified atom stereocenters. The van der Waals surface area contributed by atoms with Gasteiger partial charge < -0.3 is 14.2 Å². The van der Waals surface area contributed by atoms with Gasteiger partial charge in [0.2, 0.25) is 0 Å². The van der Waals surface area contributed by atoms with Crippen LogP contribution in [0.2, 0.25) is 0 Å². The number of carbonyl (C=O) groups is 2. The highest BCUT2D eigenvalue weighted by atomic mass is 35.5. The molecule has 0 radical (unpaired) electrons. The molecule has 0 amide bonds. The van der Waals surface area contributed by atoms with Crippen LogP contribution in [0.15, 0.2) is 24.3 Å². The van der Waals surface area contributed by atoms with E-state index in [4.69, 9.17) is 37.4 Å². The van der Waals surface area contributed by atoms with Gasteiger partial charge in [-0.05, 0) is 12.1 Å². The van der Waals surface area contributed by atoms with Crippen molar-refractivity contribution in [3.8, 4) is 11.5 Å². The molecule has 7 heteroatoms. The van der Waals surface area contributed by atoms with Crippen molar-refractivity contribution in [2.45, 2.75) is 17.7 Å². The molecule has 5 nitrogen and oxygen atoms in total. The zero-order valence-corrected chi connectivity index (χ0v) is 12.3. The van der Waals surface area contributed by atoms with Crippen LogP contribution in [-0.2, 0) is 14.3 Å². The molecule has 0 aliphatic heterocycles. The summed E-state index contributed by atoms with van der Waals surface area (Å²) in [6.07, 6.45) is -0.208. The van der Waals surface area contributed by atoms with E-state index in [1.165, 1.54) is 7.11 Å². The van der Waals surface area contributed by atoms with Gasteiger partial charge in [0, 0.05) is 0 Å². The van der Waals surface area contributed by atoms with Gasteiger partial charge in [0.15, 0.2) is 11.5 Å². The van der Waals surface area contributed by atoms with Crippen LogP contribution in [-0.4, -0.2) is 30.5 Å². The Morgan fingerprint density at radius 2 is 1.70 bits per heavy atom. The second kappa shape index (κ2) is 8.66. The van der Waals surface area contributed by atoms with Gasteiger partial charge >= 0.3 is 11.9 Å². The van der Waals surface area contributed by atoms with Gasteiger partial charge in [-0.2, -0.15) is 0 Å². The summed E-state index contributed by atoms with van der Waals surface area (Å²) in [5.74, 6) is -0.376. The van der Waals surface area contributed by atoms with Crippen LogP contribution in [0, 0.1) is 0 Å². The van der Waals surface area contributed by atoms with Gasteiger partial charge in [-0.15, -0.1) is 23.2 Å². The van der Waals surface area contributed by atoms with Gasteiger partial charge in [-0.25, -0.2) is 0 Å². The lowest BCUT2D eigenvalue weighted by atomic mass is 10.3. The Labute approximate surface area is 126 Å². The predicted molar refractivity (Wildman–Crippen MR) is 74.3 cm³/mol. The summed E-state index contributed by atoms with van der Waals surface area (Å²) >= 11 is 10.8. The minimum absolute atomic E-state index is 0.103. The summed E-state index contributed by atoms with van der Waals surface area (Å²) < 4.78 is 14.8. The predicted octanol–water partition coefficient (Wildman–Crippen LogP) is 2.73. The van der Waals surface area contributed by atoms with Crippen molar-refractivity contribution in [3.05, 3.63) is 24.3 Å². The Bertz CT molecular complexity index is 462. The lowest BCUT2D eigenvalue weighted by Crippen LogP contribution is -2.14. The zero-order valence-electron chi connectivity index (χ0n) is 10.8. The molecule has 0 heterocycles. The van der Waals surface area contributed by atoms with Crippen molar-refractivity contribution < 1.29 is 23.8 Å². The molecule has 1 aromatic carbocycles. The minimum atomic E-state index is -0.778. The molecule has 0 aliphatic carbocycles. The number of esters is 2.